The van der Waals surface area contributed by atoms with Gasteiger partial charge in [-0.05, 0) is 12.8 Å². The second-order valence-electron chi connectivity index (χ2n) is 4.71. The normalized spacial score (nSPS) is 18.0. The molecule has 0 radical (unpaired) electrons. The quantitative estimate of drug-likeness (QED) is 0.654. The van der Waals surface area contributed by atoms with E-state index in [1.165, 1.54) is 0 Å². The Labute approximate surface area is 105 Å². The molecule has 6 heteroatoms. The first-order chi connectivity index (χ1) is 8.50. The van der Waals surface area contributed by atoms with Crippen molar-refractivity contribution in [3.63, 3.8) is 0 Å². The minimum atomic E-state index is -1.19. The first kappa shape index (κ1) is 14.5. The summed E-state index contributed by atoms with van der Waals surface area (Å²) in [6.07, 6.45) is 4.39. The van der Waals surface area contributed by atoms with Gasteiger partial charge in [0.05, 0.1) is 12.3 Å². The van der Waals surface area contributed by atoms with E-state index in [2.05, 4.69) is 5.32 Å². The van der Waals surface area contributed by atoms with Crippen molar-refractivity contribution in [3.05, 3.63) is 0 Å². The summed E-state index contributed by atoms with van der Waals surface area (Å²) >= 11 is 0. The van der Waals surface area contributed by atoms with Gasteiger partial charge in [0, 0.05) is 12.5 Å². The summed E-state index contributed by atoms with van der Waals surface area (Å²) in [4.78, 5) is 33.1. The Balaban J connectivity index is 2.38. The topological polar surface area (TPSA) is 104 Å². The maximum absolute atomic E-state index is 11.8. The van der Waals surface area contributed by atoms with Crippen molar-refractivity contribution in [1.82, 2.24) is 5.32 Å². The first-order valence-corrected chi connectivity index (χ1v) is 6.23. The number of rotatable bonds is 6. The van der Waals surface area contributed by atoms with Gasteiger partial charge in [-0.15, -0.1) is 0 Å². The molecule has 6 nitrogen and oxygen atoms in total. The zero-order chi connectivity index (χ0) is 13.5. The number of aliphatic carboxylic acids is 2. The highest BCUT2D eigenvalue weighted by Gasteiger charge is 2.25. The van der Waals surface area contributed by atoms with Gasteiger partial charge in [0.2, 0.25) is 5.91 Å². The van der Waals surface area contributed by atoms with Crippen LogP contribution in [-0.2, 0) is 14.4 Å². The highest BCUT2D eigenvalue weighted by atomic mass is 16.4. The van der Waals surface area contributed by atoms with E-state index in [0.29, 0.717) is 0 Å². The Morgan fingerprint density at radius 1 is 1.11 bits per heavy atom. The molecule has 3 N–H and O–H groups in total. The maximum Gasteiger partial charge on any atom is 0.308 e. The lowest BCUT2D eigenvalue weighted by atomic mass is 9.88. The molecule has 1 aliphatic carbocycles. The van der Waals surface area contributed by atoms with Crippen LogP contribution in [0.4, 0.5) is 0 Å². The fraction of sp³-hybridized carbons (Fsp3) is 0.750. The Bertz CT molecular complexity index is 322. The molecule has 0 aromatic rings. The van der Waals surface area contributed by atoms with E-state index >= 15 is 0 Å². The van der Waals surface area contributed by atoms with E-state index in [9.17, 15) is 14.4 Å². The Morgan fingerprint density at radius 3 is 2.22 bits per heavy atom. The number of carbonyl (C=O) groups is 3. The molecule has 0 heterocycles. The molecule has 102 valence electrons. The van der Waals surface area contributed by atoms with Crippen molar-refractivity contribution in [2.45, 2.75) is 38.5 Å². The molecule has 1 aliphatic rings. The fourth-order valence-electron chi connectivity index (χ4n) is 2.19. The Morgan fingerprint density at radius 2 is 1.72 bits per heavy atom. The number of hydrogen-bond donors (Lipinski definition) is 3. The van der Waals surface area contributed by atoms with Crippen LogP contribution in [0.1, 0.15) is 38.5 Å². The van der Waals surface area contributed by atoms with Gasteiger partial charge in [-0.3, -0.25) is 14.4 Å². The van der Waals surface area contributed by atoms with Crippen LogP contribution >= 0.6 is 0 Å². The molecule has 1 amide bonds. The predicted molar refractivity (Wildman–Crippen MR) is 63.0 cm³/mol. The zero-order valence-corrected chi connectivity index (χ0v) is 10.2. The van der Waals surface area contributed by atoms with E-state index in [4.69, 9.17) is 10.2 Å². The van der Waals surface area contributed by atoms with Crippen molar-refractivity contribution in [2.24, 2.45) is 11.8 Å². The van der Waals surface area contributed by atoms with E-state index in [-0.39, 0.29) is 18.4 Å². The zero-order valence-electron chi connectivity index (χ0n) is 10.2. The van der Waals surface area contributed by atoms with Gasteiger partial charge >= 0.3 is 11.9 Å². The van der Waals surface area contributed by atoms with Crippen LogP contribution < -0.4 is 5.32 Å². The fourth-order valence-corrected chi connectivity index (χ4v) is 2.19. The Hall–Kier alpha value is -1.59. The van der Waals surface area contributed by atoms with Gasteiger partial charge < -0.3 is 15.5 Å². The van der Waals surface area contributed by atoms with Crippen LogP contribution in [-0.4, -0.2) is 34.6 Å². The summed E-state index contributed by atoms with van der Waals surface area (Å²) in [6, 6.07) is 0. The van der Waals surface area contributed by atoms with Crippen molar-refractivity contribution >= 4 is 17.8 Å². The summed E-state index contributed by atoms with van der Waals surface area (Å²) in [6.45, 7) is -0.114. The molecule has 0 bridgehead atoms. The highest BCUT2D eigenvalue weighted by Crippen LogP contribution is 2.23. The van der Waals surface area contributed by atoms with E-state index in [0.717, 1.165) is 32.1 Å². The molecule has 1 fully saturated rings. The van der Waals surface area contributed by atoms with Gasteiger partial charge in [0.15, 0.2) is 0 Å². The molecule has 18 heavy (non-hydrogen) atoms. The van der Waals surface area contributed by atoms with E-state index in [1.54, 1.807) is 0 Å². The van der Waals surface area contributed by atoms with Gasteiger partial charge in [0.1, 0.15) is 0 Å². The van der Waals surface area contributed by atoms with E-state index < -0.39 is 24.3 Å². The summed E-state index contributed by atoms with van der Waals surface area (Å²) in [5.74, 6) is -3.62. The Kier molecular flexibility index (Phi) is 5.61. The van der Waals surface area contributed by atoms with Crippen molar-refractivity contribution in [1.29, 1.82) is 0 Å². The lowest BCUT2D eigenvalue weighted by Gasteiger charge is -2.21. The number of carboxylic acid groups (broad SMARTS) is 2. The van der Waals surface area contributed by atoms with Gasteiger partial charge in [-0.1, -0.05) is 19.3 Å². The van der Waals surface area contributed by atoms with E-state index in [1.807, 2.05) is 0 Å². The van der Waals surface area contributed by atoms with Crippen LogP contribution in [0.3, 0.4) is 0 Å². The molecule has 0 aromatic heterocycles. The van der Waals surface area contributed by atoms with Crippen molar-refractivity contribution in [2.75, 3.05) is 6.54 Å². The summed E-state index contributed by atoms with van der Waals surface area (Å²) < 4.78 is 0. The molecular weight excluding hydrogens is 238 g/mol. The third-order valence-corrected chi connectivity index (χ3v) is 3.27. The smallest absolute Gasteiger partial charge is 0.308 e. The number of nitrogens with one attached hydrogen (secondary N) is 1. The molecule has 0 aromatic carbocycles. The first-order valence-electron chi connectivity index (χ1n) is 6.23. The predicted octanol–water partition coefficient (Wildman–Crippen LogP) is 0.858. The second kappa shape index (κ2) is 6.98. The standard InChI is InChI=1S/C12H19NO5/c14-10(15)6-9(12(17)18)7-13-11(16)8-4-2-1-3-5-8/h8-9H,1-7H2,(H,13,16)(H,14,15)(H,17,18). The van der Waals surface area contributed by atoms with Crippen LogP contribution in [0, 0.1) is 11.8 Å². The number of amides is 1. The van der Waals surface area contributed by atoms with Gasteiger partial charge in [-0.25, -0.2) is 0 Å². The molecule has 1 rings (SSSR count). The highest BCUT2D eigenvalue weighted by molar-refractivity contribution is 5.81. The van der Waals surface area contributed by atoms with Crippen molar-refractivity contribution < 1.29 is 24.6 Å². The minimum Gasteiger partial charge on any atom is -0.481 e. The van der Waals surface area contributed by atoms with Gasteiger partial charge in [-0.2, -0.15) is 0 Å². The molecule has 1 unspecified atom stereocenters. The van der Waals surface area contributed by atoms with Crippen LogP contribution in [0.2, 0.25) is 0 Å². The maximum atomic E-state index is 11.8. The third-order valence-electron chi connectivity index (χ3n) is 3.27. The summed E-state index contributed by atoms with van der Waals surface area (Å²) in [5.41, 5.74) is 0. The lowest BCUT2D eigenvalue weighted by molar-refractivity contribution is -0.148. The molecule has 0 aliphatic heterocycles. The average molecular weight is 257 g/mol. The molecule has 1 atom stereocenters. The summed E-state index contributed by atoms with van der Waals surface area (Å²) in [5, 5.41) is 20.0. The average Bonchev–Trinajstić information content (AvgIpc) is 2.34. The monoisotopic (exact) mass is 257 g/mol. The van der Waals surface area contributed by atoms with Crippen molar-refractivity contribution in [3.8, 4) is 0 Å². The van der Waals surface area contributed by atoms with Crippen LogP contribution in [0.15, 0.2) is 0 Å². The number of carboxylic acids is 2. The molecular formula is C12H19NO5. The third kappa shape index (κ3) is 4.73. The number of hydrogen-bond acceptors (Lipinski definition) is 3. The largest absolute Gasteiger partial charge is 0.481 e. The second-order valence-corrected chi connectivity index (χ2v) is 4.71. The van der Waals surface area contributed by atoms with Crippen LogP contribution in [0.5, 0.6) is 0 Å². The molecule has 0 spiro atoms. The number of carbonyl (C=O) groups excluding carboxylic acids is 1. The minimum absolute atomic E-state index is 0.0435. The summed E-state index contributed by atoms with van der Waals surface area (Å²) in [7, 11) is 0. The lowest BCUT2D eigenvalue weighted by Crippen LogP contribution is -2.38. The van der Waals surface area contributed by atoms with Gasteiger partial charge in [0.25, 0.3) is 0 Å². The molecule has 0 saturated heterocycles. The SMILES string of the molecule is O=C(O)CC(CNC(=O)C1CCCCC1)C(=O)O. The van der Waals surface area contributed by atoms with Crippen LogP contribution in [0.25, 0.3) is 0 Å². The molecule has 1 saturated carbocycles.